The van der Waals surface area contributed by atoms with Gasteiger partial charge in [0, 0.05) is 24.7 Å². The van der Waals surface area contributed by atoms with Gasteiger partial charge in [0.05, 0.1) is 0 Å². The number of nitrogens with zero attached hydrogens (tertiary/aromatic N) is 4. The lowest BCUT2D eigenvalue weighted by Crippen LogP contribution is -2.32. The number of aryl methyl sites for hydroxylation is 1. The van der Waals surface area contributed by atoms with Gasteiger partial charge in [0.1, 0.15) is 11.0 Å². The number of amides is 1. The summed E-state index contributed by atoms with van der Waals surface area (Å²) in [5, 5.41) is 16.0. The third kappa shape index (κ3) is 4.31. The molecule has 6 nitrogen and oxygen atoms in total. The molecule has 1 N–H and O–H groups in total. The van der Waals surface area contributed by atoms with Crippen molar-refractivity contribution in [2.45, 2.75) is 30.6 Å². The van der Waals surface area contributed by atoms with Crippen LogP contribution in [0.4, 0.5) is 0 Å². The summed E-state index contributed by atoms with van der Waals surface area (Å²) in [6.45, 7) is 4.44. The lowest BCUT2D eigenvalue weighted by Gasteiger charge is -2.12. The summed E-state index contributed by atoms with van der Waals surface area (Å²) in [6, 6.07) is 1.54. The van der Waals surface area contributed by atoms with Crippen molar-refractivity contribution < 1.29 is 4.79 Å². The summed E-state index contributed by atoms with van der Waals surface area (Å²) in [4.78, 5) is 11.9. The molecule has 2 aromatic rings. The van der Waals surface area contributed by atoms with Crippen LogP contribution in [0.1, 0.15) is 24.4 Å². The standard InChI is InChI=1S/C12H17N5OS2/c1-9(17-7-3-6-14-17)11(18)13-5-4-8-19-12-16-15-10(2)20-12/h3,6-7,9H,4-5,8H2,1-2H3,(H,13,18)/t9-/m0/s1. The van der Waals surface area contributed by atoms with E-state index in [2.05, 4.69) is 20.6 Å². The van der Waals surface area contributed by atoms with E-state index < -0.39 is 0 Å². The number of rotatable bonds is 7. The van der Waals surface area contributed by atoms with Crippen LogP contribution in [0.15, 0.2) is 22.8 Å². The first kappa shape index (κ1) is 15.0. The number of aromatic nitrogens is 4. The van der Waals surface area contributed by atoms with Crippen LogP contribution in [-0.4, -0.2) is 38.2 Å². The van der Waals surface area contributed by atoms with Crippen LogP contribution >= 0.6 is 23.1 Å². The molecule has 1 atom stereocenters. The Labute approximate surface area is 126 Å². The van der Waals surface area contributed by atoms with Crippen molar-refractivity contribution in [3.8, 4) is 0 Å². The Bertz CT molecular complexity index is 540. The Kier molecular flexibility index (Phi) is 5.54. The van der Waals surface area contributed by atoms with Gasteiger partial charge in [0.2, 0.25) is 5.91 Å². The number of carbonyl (C=O) groups excluding carboxylic acids is 1. The first-order valence-corrected chi connectivity index (χ1v) is 8.17. The maximum absolute atomic E-state index is 11.9. The van der Waals surface area contributed by atoms with Gasteiger partial charge in [-0.1, -0.05) is 23.1 Å². The summed E-state index contributed by atoms with van der Waals surface area (Å²) in [5.41, 5.74) is 0. The molecule has 0 aliphatic heterocycles. The number of thioether (sulfide) groups is 1. The van der Waals surface area contributed by atoms with E-state index in [0.717, 1.165) is 21.5 Å². The van der Waals surface area contributed by atoms with Gasteiger partial charge in [-0.15, -0.1) is 10.2 Å². The zero-order valence-corrected chi connectivity index (χ0v) is 13.1. The van der Waals surface area contributed by atoms with Crippen molar-refractivity contribution in [2.24, 2.45) is 0 Å². The Balaban J connectivity index is 1.62. The Morgan fingerprint density at radius 1 is 1.55 bits per heavy atom. The fourth-order valence-electron chi connectivity index (χ4n) is 1.56. The van der Waals surface area contributed by atoms with E-state index in [-0.39, 0.29) is 11.9 Å². The van der Waals surface area contributed by atoms with Crippen LogP contribution in [0.2, 0.25) is 0 Å². The summed E-state index contributed by atoms with van der Waals surface area (Å²) in [6.07, 6.45) is 4.36. The van der Waals surface area contributed by atoms with Crippen LogP contribution in [0.25, 0.3) is 0 Å². The van der Waals surface area contributed by atoms with E-state index in [1.165, 1.54) is 0 Å². The predicted molar refractivity (Wildman–Crippen MR) is 79.9 cm³/mol. The van der Waals surface area contributed by atoms with Gasteiger partial charge < -0.3 is 5.32 Å². The lowest BCUT2D eigenvalue weighted by atomic mass is 10.3. The molecule has 1 amide bonds. The molecule has 20 heavy (non-hydrogen) atoms. The molecule has 0 aromatic carbocycles. The van der Waals surface area contributed by atoms with Crippen LogP contribution in [-0.2, 0) is 4.79 Å². The first-order chi connectivity index (χ1) is 9.66. The fourth-order valence-corrected chi connectivity index (χ4v) is 3.38. The molecule has 2 heterocycles. The number of nitrogens with one attached hydrogen (secondary N) is 1. The quantitative estimate of drug-likeness (QED) is 0.624. The average Bonchev–Trinajstić information content (AvgIpc) is 3.08. The molecular weight excluding hydrogens is 294 g/mol. The number of hydrogen-bond acceptors (Lipinski definition) is 6. The summed E-state index contributed by atoms with van der Waals surface area (Å²) < 4.78 is 2.63. The van der Waals surface area contributed by atoms with Crippen molar-refractivity contribution in [2.75, 3.05) is 12.3 Å². The van der Waals surface area contributed by atoms with Crippen LogP contribution < -0.4 is 5.32 Å². The topological polar surface area (TPSA) is 72.7 Å². The van der Waals surface area contributed by atoms with Gasteiger partial charge in [-0.05, 0) is 26.3 Å². The Morgan fingerprint density at radius 3 is 3.05 bits per heavy atom. The largest absolute Gasteiger partial charge is 0.354 e. The normalized spacial score (nSPS) is 12.3. The molecule has 0 aliphatic rings. The van der Waals surface area contributed by atoms with Gasteiger partial charge in [-0.25, -0.2) is 0 Å². The summed E-state index contributed by atoms with van der Waals surface area (Å²) in [5.74, 6) is 0.913. The average molecular weight is 311 g/mol. The summed E-state index contributed by atoms with van der Waals surface area (Å²) >= 11 is 3.27. The molecule has 0 unspecified atom stereocenters. The molecule has 8 heteroatoms. The molecule has 0 saturated carbocycles. The van der Waals surface area contributed by atoms with E-state index in [1.54, 1.807) is 40.2 Å². The predicted octanol–water partition coefficient (Wildman–Crippen LogP) is 1.90. The SMILES string of the molecule is Cc1nnc(SCCCNC(=O)[C@H](C)n2cccn2)s1. The zero-order valence-electron chi connectivity index (χ0n) is 11.4. The lowest BCUT2D eigenvalue weighted by molar-refractivity contribution is -0.124. The monoisotopic (exact) mass is 311 g/mol. The molecule has 2 rings (SSSR count). The van der Waals surface area contributed by atoms with E-state index in [4.69, 9.17) is 0 Å². The van der Waals surface area contributed by atoms with Gasteiger partial charge in [0.25, 0.3) is 0 Å². The third-order valence-corrected chi connectivity index (χ3v) is 4.71. The molecule has 108 valence electrons. The number of carbonyl (C=O) groups is 1. The smallest absolute Gasteiger partial charge is 0.244 e. The Hall–Kier alpha value is -1.41. The minimum absolute atomic E-state index is 0.00883. The van der Waals surface area contributed by atoms with E-state index >= 15 is 0 Å². The van der Waals surface area contributed by atoms with E-state index in [0.29, 0.717) is 6.54 Å². The van der Waals surface area contributed by atoms with Gasteiger partial charge in [0.15, 0.2) is 4.34 Å². The van der Waals surface area contributed by atoms with Crippen molar-refractivity contribution in [1.29, 1.82) is 0 Å². The minimum Gasteiger partial charge on any atom is -0.354 e. The Morgan fingerprint density at radius 2 is 2.40 bits per heavy atom. The highest BCUT2D eigenvalue weighted by Crippen LogP contribution is 2.21. The molecule has 0 saturated heterocycles. The summed E-state index contributed by atoms with van der Waals surface area (Å²) in [7, 11) is 0. The second-order valence-electron chi connectivity index (χ2n) is 4.24. The minimum atomic E-state index is -0.275. The van der Waals surface area contributed by atoms with E-state index in [9.17, 15) is 4.79 Å². The molecule has 0 spiro atoms. The van der Waals surface area contributed by atoms with Gasteiger partial charge in [-0.3, -0.25) is 9.48 Å². The molecule has 0 radical (unpaired) electrons. The van der Waals surface area contributed by atoms with Crippen molar-refractivity contribution in [1.82, 2.24) is 25.3 Å². The van der Waals surface area contributed by atoms with Gasteiger partial charge >= 0.3 is 0 Å². The van der Waals surface area contributed by atoms with Crippen LogP contribution in [0, 0.1) is 6.92 Å². The highest BCUT2D eigenvalue weighted by Gasteiger charge is 2.13. The van der Waals surface area contributed by atoms with Crippen LogP contribution in [0.5, 0.6) is 0 Å². The van der Waals surface area contributed by atoms with Crippen molar-refractivity contribution in [3.05, 3.63) is 23.5 Å². The molecule has 0 bridgehead atoms. The third-order valence-electron chi connectivity index (χ3n) is 2.65. The van der Waals surface area contributed by atoms with Gasteiger partial charge in [-0.2, -0.15) is 5.10 Å². The zero-order chi connectivity index (χ0) is 14.4. The fraction of sp³-hybridized carbons (Fsp3) is 0.500. The maximum atomic E-state index is 11.9. The molecule has 0 fully saturated rings. The molecule has 0 aliphatic carbocycles. The second kappa shape index (κ2) is 7.39. The second-order valence-corrected chi connectivity index (χ2v) is 6.77. The van der Waals surface area contributed by atoms with Crippen molar-refractivity contribution in [3.63, 3.8) is 0 Å². The van der Waals surface area contributed by atoms with Crippen LogP contribution in [0.3, 0.4) is 0 Å². The highest BCUT2D eigenvalue weighted by atomic mass is 32.2. The first-order valence-electron chi connectivity index (χ1n) is 6.36. The highest BCUT2D eigenvalue weighted by molar-refractivity contribution is 8.01. The maximum Gasteiger partial charge on any atom is 0.244 e. The number of hydrogen-bond donors (Lipinski definition) is 1. The van der Waals surface area contributed by atoms with Crippen molar-refractivity contribution >= 4 is 29.0 Å². The molecule has 2 aromatic heterocycles. The molecular formula is C12H17N5OS2. The van der Waals surface area contributed by atoms with E-state index in [1.807, 2.05) is 19.9 Å².